The minimum absolute atomic E-state index is 0.0744. The Bertz CT molecular complexity index is 939. The first-order chi connectivity index (χ1) is 12.3. The number of nitrogens with zero attached hydrogens (tertiary/aromatic N) is 2. The number of rotatable bonds is 3. The highest BCUT2D eigenvalue weighted by molar-refractivity contribution is 7.89. The lowest BCUT2D eigenvalue weighted by molar-refractivity contribution is 0.0697. The number of carbonyl (C=O) groups excluding carboxylic acids is 1. The molecule has 8 heteroatoms. The molecule has 5 nitrogen and oxygen atoms in total. The lowest BCUT2D eigenvalue weighted by Gasteiger charge is -2.34. The van der Waals surface area contributed by atoms with Gasteiger partial charge in [0.1, 0.15) is 0 Å². The zero-order valence-corrected chi connectivity index (χ0v) is 16.5. The van der Waals surface area contributed by atoms with Crippen molar-refractivity contribution in [3.05, 3.63) is 63.6 Å². The summed E-state index contributed by atoms with van der Waals surface area (Å²) in [5, 5.41) is 0.500. The summed E-state index contributed by atoms with van der Waals surface area (Å²) in [5.41, 5.74) is 1.55. The van der Waals surface area contributed by atoms with Crippen molar-refractivity contribution in [3.8, 4) is 0 Å². The molecule has 0 N–H and O–H groups in total. The fourth-order valence-electron chi connectivity index (χ4n) is 2.90. The van der Waals surface area contributed by atoms with Crippen LogP contribution >= 0.6 is 23.2 Å². The lowest BCUT2D eigenvalue weighted by Crippen LogP contribution is -2.50. The van der Waals surface area contributed by atoms with Gasteiger partial charge in [0.05, 0.1) is 14.9 Å². The van der Waals surface area contributed by atoms with Crippen molar-refractivity contribution < 1.29 is 13.2 Å². The molecule has 1 fully saturated rings. The van der Waals surface area contributed by atoms with E-state index in [1.54, 1.807) is 11.0 Å². The second-order valence-corrected chi connectivity index (χ2v) is 8.84. The molecule has 0 saturated carbocycles. The Kier molecular flexibility index (Phi) is 5.58. The Labute approximate surface area is 163 Å². The van der Waals surface area contributed by atoms with Crippen molar-refractivity contribution in [1.29, 1.82) is 0 Å². The van der Waals surface area contributed by atoms with Crippen molar-refractivity contribution in [3.63, 3.8) is 0 Å². The van der Waals surface area contributed by atoms with Crippen LogP contribution in [-0.2, 0) is 10.0 Å². The fraction of sp³-hybridized carbons (Fsp3) is 0.278. The normalized spacial score (nSPS) is 15.9. The molecule has 0 spiro atoms. The molecule has 1 amide bonds. The lowest BCUT2D eigenvalue weighted by atomic mass is 10.1. The van der Waals surface area contributed by atoms with Crippen molar-refractivity contribution in [2.45, 2.75) is 11.8 Å². The van der Waals surface area contributed by atoms with Crippen LogP contribution in [0.15, 0.2) is 47.4 Å². The molecule has 2 aromatic carbocycles. The van der Waals surface area contributed by atoms with Gasteiger partial charge in [0, 0.05) is 31.7 Å². The summed E-state index contributed by atoms with van der Waals surface area (Å²) in [4.78, 5) is 14.4. The minimum Gasteiger partial charge on any atom is -0.336 e. The summed E-state index contributed by atoms with van der Waals surface area (Å²) in [5.74, 6) is -0.0744. The van der Waals surface area contributed by atoms with Crippen molar-refractivity contribution in [2.75, 3.05) is 26.2 Å². The summed E-state index contributed by atoms with van der Waals surface area (Å²) in [6, 6.07) is 11.6. The number of halogens is 2. The van der Waals surface area contributed by atoms with E-state index >= 15 is 0 Å². The highest BCUT2D eigenvalue weighted by atomic mass is 35.5. The summed E-state index contributed by atoms with van der Waals surface area (Å²) >= 11 is 11.8. The first-order valence-electron chi connectivity index (χ1n) is 8.11. The summed E-state index contributed by atoms with van der Waals surface area (Å²) < 4.78 is 26.9. The van der Waals surface area contributed by atoms with Gasteiger partial charge in [-0.25, -0.2) is 8.42 Å². The first-order valence-corrected chi connectivity index (χ1v) is 10.3. The Balaban J connectivity index is 1.72. The standard InChI is InChI=1S/C18H18Cl2N2O3S/c1-13-4-2-3-5-15(13)18(23)21-8-10-22(11-9-21)26(24,25)14-6-7-16(19)17(20)12-14/h2-7,12H,8-11H2,1H3. The van der Waals surface area contributed by atoms with E-state index < -0.39 is 10.0 Å². The molecular weight excluding hydrogens is 395 g/mol. The average Bonchev–Trinajstić information content (AvgIpc) is 2.64. The predicted octanol–water partition coefficient (Wildman–Crippen LogP) is 3.45. The Morgan fingerprint density at radius 3 is 2.23 bits per heavy atom. The molecule has 26 heavy (non-hydrogen) atoms. The molecule has 1 aliphatic rings. The quantitative estimate of drug-likeness (QED) is 0.775. The van der Waals surface area contributed by atoms with Gasteiger partial charge in [-0.15, -0.1) is 0 Å². The van der Waals surface area contributed by atoms with E-state index in [1.807, 2.05) is 25.1 Å². The van der Waals surface area contributed by atoms with Gasteiger partial charge in [-0.3, -0.25) is 4.79 Å². The summed E-state index contributed by atoms with van der Waals surface area (Å²) in [6.07, 6.45) is 0. The summed E-state index contributed by atoms with van der Waals surface area (Å²) in [7, 11) is -3.67. The van der Waals surface area contributed by atoms with Crippen LogP contribution in [0, 0.1) is 6.92 Å². The zero-order chi connectivity index (χ0) is 18.9. The van der Waals surface area contributed by atoms with E-state index in [0.29, 0.717) is 23.7 Å². The monoisotopic (exact) mass is 412 g/mol. The van der Waals surface area contributed by atoms with Crippen molar-refractivity contribution in [2.24, 2.45) is 0 Å². The van der Waals surface area contributed by atoms with Crippen LogP contribution in [0.25, 0.3) is 0 Å². The van der Waals surface area contributed by atoms with Crippen LogP contribution in [0.3, 0.4) is 0 Å². The maximum atomic E-state index is 12.8. The Morgan fingerprint density at radius 2 is 1.62 bits per heavy atom. The third kappa shape index (κ3) is 3.74. The maximum Gasteiger partial charge on any atom is 0.254 e. The van der Waals surface area contributed by atoms with E-state index in [1.165, 1.54) is 22.5 Å². The number of carbonyl (C=O) groups is 1. The van der Waals surface area contributed by atoms with E-state index in [4.69, 9.17) is 23.2 Å². The van der Waals surface area contributed by atoms with E-state index in [-0.39, 0.29) is 28.9 Å². The topological polar surface area (TPSA) is 57.7 Å². The van der Waals surface area contributed by atoms with Crippen LogP contribution in [0.2, 0.25) is 10.0 Å². The largest absolute Gasteiger partial charge is 0.336 e. The third-order valence-corrected chi connectivity index (χ3v) is 7.06. The van der Waals surface area contributed by atoms with Crippen LogP contribution in [0.1, 0.15) is 15.9 Å². The molecule has 1 aliphatic heterocycles. The molecule has 0 bridgehead atoms. The van der Waals surface area contributed by atoms with Crippen LogP contribution in [-0.4, -0.2) is 49.7 Å². The van der Waals surface area contributed by atoms with E-state index in [2.05, 4.69) is 0 Å². The molecule has 2 aromatic rings. The molecular formula is C18H18Cl2N2O3S. The highest BCUT2D eigenvalue weighted by Gasteiger charge is 2.31. The molecule has 3 rings (SSSR count). The Hall–Kier alpha value is -1.60. The zero-order valence-electron chi connectivity index (χ0n) is 14.2. The van der Waals surface area contributed by atoms with Gasteiger partial charge in [0.25, 0.3) is 5.91 Å². The maximum absolute atomic E-state index is 12.8. The van der Waals surface area contributed by atoms with Gasteiger partial charge in [-0.05, 0) is 36.8 Å². The molecule has 0 radical (unpaired) electrons. The highest BCUT2D eigenvalue weighted by Crippen LogP contribution is 2.27. The van der Waals surface area contributed by atoms with E-state index in [0.717, 1.165) is 5.56 Å². The second kappa shape index (κ2) is 7.56. The number of amides is 1. The number of hydrogen-bond acceptors (Lipinski definition) is 3. The minimum atomic E-state index is -3.67. The summed E-state index contributed by atoms with van der Waals surface area (Å²) in [6.45, 7) is 3.04. The van der Waals surface area contributed by atoms with E-state index in [9.17, 15) is 13.2 Å². The number of piperazine rings is 1. The Morgan fingerprint density at radius 1 is 0.962 bits per heavy atom. The molecule has 0 aromatic heterocycles. The van der Waals surface area contributed by atoms with Gasteiger partial charge >= 0.3 is 0 Å². The predicted molar refractivity (Wildman–Crippen MR) is 102 cm³/mol. The molecule has 0 aliphatic carbocycles. The number of sulfonamides is 1. The second-order valence-electron chi connectivity index (χ2n) is 6.09. The molecule has 0 atom stereocenters. The van der Waals surface area contributed by atoms with Crippen LogP contribution < -0.4 is 0 Å². The van der Waals surface area contributed by atoms with Gasteiger partial charge in [0.2, 0.25) is 10.0 Å². The molecule has 1 heterocycles. The molecule has 0 unspecified atom stereocenters. The van der Waals surface area contributed by atoms with Gasteiger partial charge < -0.3 is 4.90 Å². The number of hydrogen-bond donors (Lipinski definition) is 0. The van der Waals surface area contributed by atoms with Gasteiger partial charge in [-0.1, -0.05) is 41.4 Å². The average molecular weight is 413 g/mol. The molecule has 1 saturated heterocycles. The SMILES string of the molecule is Cc1ccccc1C(=O)N1CCN(S(=O)(=O)c2ccc(Cl)c(Cl)c2)CC1. The van der Waals surface area contributed by atoms with Crippen molar-refractivity contribution >= 4 is 39.1 Å². The van der Waals surface area contributed by atoms with Gasteiger partial charge in [0.15, 0.2) is 0 Å². The van der Waals surface area contributed by atoms with Crippen LogP contribution in [0.5, 0.6) is 0 Å². The van der Waals surface area contributed by atoms with Crippen LogP contribution in [0.4, 0.5) is 0 Å². The first kappa shape index (κ1) is 19.2. The van der Waals surface area contributed by atoms with Crippen molar-refractivity contribution in [1.82, 2.24) is 9.21 Å². The fourth-order valence-corrected chi connectivity index (χ4v) is 4.71. The third-order valence-electron chi connectivity index (χ3n) is 4.43. The molecule has 138 valence electrons. The smallest absolute Gasteiger partial charge is 0.254 e. The number of benzene rings is 2. The number of aryl methyl sites for hydroxylation is 1. The van der Waals surface area contributed by atoms with Gasteiger partial charge in [-0.2, -0.15) is 4.31 Å².